The fraction of sp³-hybridized carbons (Fsp3) is 0.500. The molecule has 0 atom stereocenters. The third-order valence-corrected chi connectivity index (χ3v) is 2.08. The van der Waals surface area contributed by atoms with Gasteiger partial charge in [-0.25, -0.2) is 0 Å². The van der Waals surface area contributed by atoms with Crippen molar-refractivity contribution in [2.45, 2.75) is 25.4 Å². The number of alkyl halides is 3. The number of hydrogen-bond acceptors (Lipinski definition) is 2. The topological polar surface area (TPSA) is 66.0 Å². The number of carboxylic acid groups (broad SMARTS) is 1. The van der Waals surface area contributed by atoms with Gasteiger partial charge in [0.15, 0.2) is 5.69 Å². The number of carboxylic acids is 1. The molecule has 1 rings (SSSR count). The quantitative estimate of drug-likeness (QED) is 0.801. The van der Waals surface area contributed by atoms with Crippen LogP contribution in [0.15, 0.2) is 6.07 Å². The van der Waals surface area contributed by atoms with Crippen molar-refractivity contribution in [3.05, 3.63) is 17.5 Å². The molecule has 1 heterocycles. The minimum Gasteiger partial charge on any atom is -0.481 e. The van der Waals surface area contributed by atoms with Crippen molar-refractivity contribution >= 4 is 5.97 Å². The van der Waals surface area contributed by atoms with E-state index in [1.807, 2.05) is 0 Å². The molecule has 2 N–H and O–H groups in total. The molecule has 0 fully saturated rings. The Morgan fingerprint density at radius 2 is 2.00 bits per heavy atom. The summed E-state index contributed by atoms with van der Waals surface area (Å²) in [6, 6.07) is 0.702. The zero-order valence-corrected chi connectivity index (χ0v) is 8.01. The Hall–Kier alpha value is -1.53. The van der Waals surface area contributed by atoms with Gasteiger partial charge in [0.1, 0.15) is 5.41 Å². The number of nitrogens with zero attached hydrogens (tertiary/aromatic N) is 1. The lowest BCUT2D eigenvalue weighted by atomic mass is 9.89. The molecule has 4 nitrogen and oxygen atoms in total. The Morgan fingerprint density at radius 3 is 2.33 bits per heavy atom. The van der Waals surface area contributed by atoms with Gasteiger partial charge >= 0.3 is 12.1 Å². The lowest BCUT2D eigenvalue weighted by Gasteiger charge is -2.16. The van der Waals surface area contributed by atoms with E-state index in [4.69, 9.17) is 5.11 Å². The van der Waals surface area contributed by atoms with Crippen LogP contribution in [0, 0.1) is 0 Å². The maximum Gasteiger partial charge on any atom is 0.435 e. The maximum atomic E-state index is 12.2. The summed E-state index contributed by atoms with van der Waals surface area (Å²) in [5.41, 5.74) is -2.62. The second-order valence-corrected chi connectivity index (χ2v) is 3.59. The molecular weight excluding hydrogens is 213 g/mol. The summed E-state index contributed by atoms with van der Waals surface area (Å²) < 4.78 is 36.5. The van der Waals surface area contributed by atoms with Crippen molar-refractivity contribution in [3.63, 3.8) is 0 Å². The second kappa shape index (κ2) is 3.25. The number of nitrogens with one attached hydrogen (secondary N) is 1. The van der Waals surface area contributed by atoms with Gasteiger partial charge in [0.2, 0.25) is 0 Å². The van der Waals surface area contributed by atoms with Crippen molar-refractivity contribution < 1.29 is 23.1 Å². The fourth-order valence-corrected chi connectivity index (χ4v) is 0.902. The van der Waals surface area contributed by atoms with E-state index in [9.17, 15) is 18.0 Å². The Balaban J connectivity index is 3.10. The molecule has 84 valence electrons. The molecule has 0 spiro atoms. The average Bonchev–Trinajstić information content (AvgIpc) is 2.50. The number of halogens is 3. The van der Waals surface area contributed by atoms with Crippen LogP contribution in [0.1, 0.15) is 25.2 Å². The van der Waals surface area contributed by atoms with Gasteiger partial charge < -0.3 is 5.11 Å². The molecule has 0 unspecified atom stereocenters. The number of hydrogen-bond donors (Lipinski definition) is 2. The van der Waals surface area contributed by atoms with Crippen LogP contribution in [0.4, 0.5) is 13.2 Å². The molecule has 0 radical (unpaired) electrons. The van der Waals surface area contributed by atoms with E-state index in [2.05, 4.69) is 10.2 Å². The summed E-state index contributed by atoms with van der Waals surface area (Å²) in [6.45, 7) is 2.59. The highest BCUT2D eigenvalue weighted by Crippen LogP contribution is 2.30. The first-order valence-electron chi connectivity index (χ1n) is 4.02. The minimum atomic E-state index is -4.57. The number of carbonyl (C=O) groups is 1. The van der Waals surface area contributed by atoms with Crippen LogP contribution in [-0.2, 0) is 16.4 Å². The van der Waals surface area contributed by atoms with Crippen molar-refractivity contribution in [1.82, 2.24) is 10.2 Å². The Morgan fingerprint density at radius 1 is 1.47 bits per heavy atom. The van der Waals surface area contributed by atoms with Gasteiger partial charge in [-0.3, -0.25) is 9.89 Å². The molecular formula is C8H9F3N2O2. The molecule has 1 aromatic heterocycles. The molecule has 1 aromatic rings. The highest BCUT2D eigenvalue weighted by molar-refractivity contribution is 5.79. The first-order chi connectivity index (χ1) is 6.65. The SMILES string of the molecule is CC(C)(C(=O)O)c1cc(C(F)(F)F)n[nH]1. The predicted octanol–water partition coefficient (Wildman–Crippen LogP) is 1.79. The predicted molar refractivity (Wildman–Crippen MR) is 44.3 cm³/mol. The summed E-state index contributed by atoms with van der Waals surface area (Å²) in [5, 5.41) is 13.9. The first kappa shape index (κ1) is 11.5. The average molecular weight is 222 g/mol. The van der Waals surface area contributed by atoms with E-state index in [-0.39, 0.29) is 5.69 Å². The summed E-state index contributed by atoms with van der Waals surface area (Å²) >= 11 is 0. The maximum absolute atomic E-state index is 12.2. The molecule has 0 aliphatic heterocycles. The van der Waals surface area contributed by atoms with Crippen LogP contribution in [0.25, 0.3) is 0 Å². The first-order valence-corrected chi connectivity index (χ1v) is 4.02. The third kappa shape index (κ3) is 2.11. The van der Waals surface area contributed by atoms with Gasteiger partial charge in [-0.1, -0.05) is 0 Å². The largest absolute Gasteiger partial charge is 0.481 e. The smallest absolute Gasteiger partial charge is 0.435 e. The van der Waals surface area contributed by atoms with E-state index in [0.717, 1.165) is 0 Å². The molecule has 0 aromatic carbocycles. The van der Waals surface area contributed by atoms with Crippen LogP contribution >= 0.6 is 0 Å². The number of aliphatic carboxylic acids is 1. The van der Waals surface area contributed by atoms with Crippen molar-refractivity contribution in [2.75, 3.05) is 0 Å². The highest BCUT2D eigenvalue weighted by Gasteiger charge is 2.38. The normalized spacial score (nSPS) is 12.9. The lowest BCUT2D eigenvalue weighted by Crippen LogP contribution is -2.28. The van der Waals surface area contributed by atoms with Crippen molar-refractivity contribution in [2.24, 2.45) is 0 Å². The second-order valence-electron chi connectivity index (χ2n) is 3.59. The van der Waals surface area contributed by atoms with Gasteiger partial charge in [0, 0.05) is 0 Å². The monoisotopic (exact) mass is 222 g/mol. The lowest BCUT2D eigenvalue weighted by molar-refractivity contribution is -0.143. The summed E-state index contributed by atoms with van der Waals surface area (Å²) in [5.74, 6) is -1.22. The van der Waals surface area contributed by atoms with E-state index in [1.54, 1.807) is 0 Å². The van der Waals surface area contributed by atoms with Crippen LogP contribution in [0.2, 0.25) is 0 Å². The van der Waals surface area contributed by atoms with Crippen molar-refractivity contribution in [3.8, 4) is 0 Å². The van der Waals surface area contributed by atoms with E-state index in [1.165, 1.54) is 13.8 Å². The van der Waals surface area contributed by atoms with Gasteiger partial charge in [-0.2, -0.15) is 18.3 Å². The van der Waals surface area contributed by atoms with Gasteiger partial charge in [0.25, 0.3) is 0 Å². The number of rotatable bonds is 2. The Kier molecular flexibility index (Phi) is 2.50. The number of aromatic amines is 1. The molecule has 0 saturated heterocycles. The van der Waals surface area contributed by atoms with E-state index < -0.39 is 23.3 Å². The molecule has 0 bridgehead atoms. The van der Waals surface area contributed by atoms with Gasteiger partial charge in [-0.05, 0) is 19.9 Å². The summed E-state index contributed by atoms with van der Waals surface area (Å²) in [4.78, 5) is 10.8. The molecule has 7 heteroatoms. The Bertz CT molecular complexity index is 381. The van der Waals surface area contributed by atoms with Crippen LogP contribution in [0.5, 0.6) is 0 Å². The third-order valence-electron chi connectivity index (χ3n) is 2.08. The van der Waals surface area contributed by atoms with Crippen molar-refractivity contribution in [1.29, 1.82) is 0 Å². The molecule has 0 saturated carbocycles. The summed E-state index contributed by atoms with van der Waals surface area (Å²) in [6.07, 6.45) is -4.57. The summed E-state index contributed by atoms with van der Waals surface area (Å²) in [7, 11) is 0. The van der Waals surface area contributed by atoms with Gasteiger partial charge in [-0.15, -0.1) is 0 Å². The van der Waals surface area contributed by atoms with Crippen LogP contribution < -0.4 is 0 Å². The van der Waals surface area contributed by atoms with Gasteiger partial charge in [0.05, 0.1) is 5.69 Å². The van der Waals surface area contributed by atoms with E-state index >= 15 is 0 Å². The van der Waals surface area contributed by atoms with Crippen LogP contribution in [0.3, 0.4) is 0 Å². The van der Waals surface area contributed by atoms with E-state index in [0.29, 0.717) is 6.07 Å². The van der Waals surface area contributed by atoms with Crippen LogP contribution in [-0.4, -0.2) is 21.3 Å². The number of H-pyrrole nitrogens is 1. The zero-order chi connectivity index (χ0) is 11.9. The number of aromatic nitrogens is 2. The molecule has 0 aliphatic carbocycles. The minimum absolute atomic E-state index is 0.0812. The highest BCUT2D eigenvalue weighted by atomic mass is 19.4. The fourth-order valence-electron chi connectivity index (χ4n) is 0.902. The standard InChI is InChI=1S/C8H9F3N2O2/c1-7(2,6(14)15)4-3-5(13-12-4)8(9,10)11/h3H,1-2H3,(H,12,13)(H,14,15). The molecule has 0 aliphatic rings. The Labute approximate surface area is 83.1 Å². The molecule has 0 amide bonds. The molecule has 15 heavy (non-hydrogen) atoms. The zero-order valence-electron chi connectivity index (χ0n) is 8.01.